The Morgan fingerprint density at radius 3 is 2.26 bits per heavy atom. The van der Waals surface area contributed by atoms with E-state index in [0.29, 0.717) is 16.3 Å². The van der Waals surface area contributed by atoms with Crippen molar-refractivity contribution >= 4 is 38.5 Å². The second kappa shape index (κ2) is 5.92. The molecule has 19 heavy (non-hydrogen) atoms. The Kier molecular flexibility index (Phi) is 4.42. The van der Waals surface area contributed by atoms with Gasteiger partial charge in [-0.25, -0.2) is 0 Å². The third-order valence-electron chi connectivity index (χ3n) is 4.81. The highest BCUT2D eigenvalue weighted by atomic mass is 127. The van der Waals surface area contributed by atoms with Crippen LogP contribution in [0.1, 0.15) is 44.9 Å². The lowest BCUT2D eigenvalue weighted by Gasteiger charge is -2.53. The van der Waals surface area contributed by atoms with Crippen LogP contribution in [-0.2, 0) is 0 Å². The molecule has 1 spiro atoms. The zero-order chi connectivity index (χ0) is 13.3. The highest BCUT2D eigenvalue weighted by Crippen LogP contribution is 2.55. The van der Waals surface area contributed by atoms with Crippen LogP contribution in [0.4, 0.5) is 0 Å². The van der Waals surface area contributed by atoms with Crippen molar-refractivity contribution in [2.75, 3.05) is 0 Å². The van der Waals surface area contributed by atoms with Crippen molar-refractivity contribution in [1.82, 2.24) is 0 Å². The Labute approximate surface area is 137 Å². The minimum atomic E-state index is 0.402. The number of ether oxygens (including phenoxy) is 1. The molecule has 2 saturated carbocycles. The van der Waals surface area contributed by atoms with E-state index in [9.17, 15) is 0 Å². The number of alkyl halides is 1. The molecule has 3 heteroatoms. The fourth-order valence-corrected chi connectivity index (χ4v) is 5.02. The van der Waals surface area contributed by atoms with Crippen LogP contribution in [0.25, 0.3) is 0 Å². The summed E-state index contributed by atoms with van der Waals surface area (Å²) < 4.78 is 7.56. The Hall–Kier alpha value is 0.230. The molecule has 0 aliphatic heterocycles. The number of benzene rings is 1. The van der Waals surface area contributed by atoms with Crippen molar-refractivity contribution < 1.29 is 4.74 Å². The number of hydrogen-bond donors (Lipinski definition) is 0. The maximum atomic E-state index is 6.29. The molecule has 104 valence electrons. The summed E-state index contributed by atoms with van der Waals surface area (Å²) in [4.78, 5) is 0.659. The smallest absolute Gasteiger partial charge is 0.119 e. The van der Waals surface area contributed by atoms with Gasteiger partial charge in [-0.2, -0.15) is 0 Å². The fourth-order valence-electron chi connectivity index (χ4n) is 3.56. The van der Waals surface area contributed by atoms with Crippen LogP contribution in [0.15, 0.2) is 24.3 Å². The molecular weight excluding hydrogens is 415 g/mol. The van der Waals surface area contributed by atoms with E-state index in [1.165, 1.54) is 42.1 Å². The summed E-state index contributed by atoms with van der Waals surface area (Å²) in [6, 6.07) is 8.46. The van der Waals surface area contributed by atoms with Gasteiger partial charge in [0.25, 0.3) is 0 Å². The van der Waals surface area contributed by atoms with Gasteiger partial charge in [0.2, 0.25) is 0 Å². The topological polar surface area (TPSA) is 9.23 Å². The molecule has 1 nitrogen and oxygen atoms in total. The summed E-state index contributed by atoms with van der Waals surface area (Å²) in [5.74, 6) is 1.04. The Bertz CT molecular complexity index is 423. The van der Waals surface area contributed by atoms with Crippen LogP contribution in [0.2, 0.25) is 0 Å². The maximum absolute atomic E-state index is 6.29. The van der Waals surface area contributed by atoms with E-state index >= 15 is 0 Å². The van der Waals surface area contributed by atoms with Gasteiger partial charge in [0.1, 0.15) is 11.9 Å². The summed E-state index contributed by atoms with van der Waals surface area (Å²) in [5, 5.41) is 0. The van der Waals surface area contributed by atoms with Gasteiger partial charge in [0.15, 0.2) is 0 Å². The first-order chi connectivity index (χ1) is 9.21. The van der Waals surface area contributed by atoms with Gasteiger partial charge in [0.05, 0.1) is 0 Å². The van der Waals surface area contributed by atoms with E-state index in [1.54, 1.807) is 0 Å². The first kappa shape index (κ1) is 14.2. The quantitative estimate of drug-likeness (QED) is 0.438. The first-order valence-electron chi connectivity index (χ1n) is 7.27. The van der Waals surface area contributed by atoms with Gasteiger partial charge < -0.3 is 4.74 Å². The van der Waals surface area contributed by atoms with E-state index < -0.39 is 0 Å². The highest BCUT2D eigenvalue weighted by Gasteiger charge is 2.54. The lowest BCUT2D eigenvalue weighted by Crippen LogP contribution is -2.56. The molecule has 3 rings (SSSR count). The largest absolute Gasteiger partial charge is 0.490 e. The first-order valence-corrected chi connectivity index (χ1v) is 9.26. The van der Waals surface area contributed by atoms with E-state index in [2.05, 4.69) is 62.8 Å². The van der Waals surface area contributed by atoms with E-state index in [1.807, 2.05) is 0 Å². The molecule has 0 heterocycles. The predicted octanol–water partition coefficient (Wildman–Crippen LogP) is 5.55. The van der Waals surface area contributed by atoms with E-state index in [4.69, 9.17) is 4.74 Å². The van der Waals surface area contributed by atoms with Crippen LogP contribution in [0.5, 0.6) is 5.75 Å². The van der Waals surface area contributed by atoms with Crippen molar-refractivity contribution in [3.05, 3.63) is 27.8 Å². The molecule has 1 aromatic rings. The van der Waals surface area contributed by atoms with Crippen molar-refractivity contribution in [1.29, 1.82) is 0 Å². The summed E-state index contributed by atoms with van der Waals surface area (Å²) in [7, 11) is 0. The van der Waals surface area contributed by atoms with Crippen LogP contribution >= 0.6 is 38.5 Å². The highest BCUT2D eigenvalue weighted by molar-refractivity contribution is 14.1. The lowest BCUT2D eigenvalue weighted by molar-refractivity contribution is -0.0462. The normalized spacial score (nSPS) is 29.6. The average molecular weight is 435 g/mol. The fraction of sp³-hybridized carbons (Fsp3) is 0.625. The number of hydrogen-bond acceptors (Lipinski definition) is 1. The molecule has 1 aromatic carbocycles. The van der Waals surface area contributed by atoms with Crippen molar-refractivity contribution in [3.8, 4) is 5.75 Å². The Morgan fingerprint density at radius 1 is 1.05 bits per heavy atom. The maximum Gasteiger partial charge on any atom is 0.119 e. The standard InChI is InChI=1S/C16H20BrIO/c17-14-11-15(16(14)9-3-1-2-4-10-16)19-13-7-5-12(18)6-8-13/h5-8,14-15H,1-4,9-11H2. The molecule has 2 aliphatic carbocycles. The third kappa shape index (κ3) is 2.82. The van der Waals surface area contributed by atoms with Crippen LogP contribution in [0.3, 0.4) is 0 Å². The van der Waals surface area contributed by atoms with Crippen molar-refractivity contribution in [2.45, 2.75) is 55.9 Å². The van der Waals surface area contributed by atoms with E-state index in [-0.39, 0.29) is 0 Å². The molecular formula is C16H20BrIO. The van der Waals surface area contributed by atoms with Crippen LogP contribution in [0, 0.1) is 8.99 Å². The zero-order valence-corrected chi connectivity index (χ0v) is 14.8. The third-order valence-corrected chi connectivity index (χ3v) is 6.82. The predicted molar refractivity (Wildman–Crippen MR) is 91.0 cm³/mol. The van der Waals surface area contributed by atoms with Gasteiger partial charge in [-0.3, -0.25) is 0 Å². The van der Waals surface area contributed by atoms with E-state index in [0.717, 1.165) is 12.2 Å². The van der Waals surface area contributed by atoms with Crippen molar-refractivity contribution in [2.24, 2.45) is 5.41 Å². The summed E-state index contributed by atoms with van der Waals surface area (Å²) in [6.07, 6.45) is 9.77. The second-order valence-corrected chi connectivity index (χ2v) is 8.26. The molecule has 0 aromatic heterocycles. The average Bonchev–Trinajstić information content (AvgIpc) is 2.68. The van der Waals surface area contributed by atoms with Crippen LogP contribution < -0.4 is 4.74 Å². The summed E-state index contributed by atoms with van der Waals surface area (Å²) in [6.45, 7) is 0. The minimum Gasteiger partial charge on any atom is -0.490 e. The monoisotopic (exact) mass is 434 g/mol. The Morgan fingerprint density at radius 2 is 1.68 bits per heavy atom. The van der Waals surface area contributed by atoms with Gasteiger partial charge in [-0.1, -0.05) is 41.6 Å². The number of halogens is 2. The van der Waals surface area contributed by atoms with Gasteiger partial charge in [-0.15, -0.1) is 0 Å². The molecule has 2 unspecified atom stereocenters. The SMILES string of the molecule is BrC1CC(Oc2ccc(I)cc2)C12CCCCCC2. The minimum absolute atomic E-state index is 0.402. The number of rotatable bonds is 2. The van der Waals surface area contributed by atoms with Crippen LogP contribution in [-0.4, -0.2) is 10.9 Å². The van der Waals surface area contributed by atoms with Gasteiger partial charge in [-0.05, 0) is 66.1 Å². The van der Waals surface area contributed by atoms with Gasteiger partial charge in [0, 0.05) is 13.8 Å². The van der Waals surface area contributed by atoms with Gasteiger partial charge >= 0.3 is 0 Å². The summed E-state index contributed by atoms with van der Waals surface area (Å²) >= 11 is 6.23. The lowest BCUT2D eigenvalue weighted by atomic mass is 9.61. The zero-order valence-electron chi connectivity index (χ0n) is 11.1. The second-order valence-electron chi connectivity index (χ2n) is 5.91. The molecule has 2 atom stereocenters. The molecule has 2 fully saturated rings. The molecule has 0 saturated heterocycles. The summed E-state index contributed by atoms with van der Waals surface area (Å²) in [5.41, 5.74) is 0.402. The van der Waals surface area contributed by atoms with Crippen molar-refractivity contribution in [3.63, 3.8) is 0 Å². The molecule has 0 N–H and O–H groups in total. The molecule has 0 radical (unpaired) electrons. The molecule has 0 amide bonds. The molecule has 0 bridgehead atoms. The molecule has 2 aliphatic rings. The Balaban J connectivity index is 1.72.